The zero-order chi connectivity index (χ0) is 18.7. The maximum absolute atomic E-state index is 12.2. The number of nitrogens with zero attached hydrogens (tertiary/aromatic N) is 3. The highest BCUT2D eigenvalue weighted by molar-refractivity contribution is 9.10. The summed E-state index contributed by atoms with van der Waals surface area (Å²) in [5, 5.41) is 19.2. The van der Waals surface area contributed by atoms with E-state index in [0.717, 1.165) is 20.9 Å². The van der Waals surface area contributed by atoms with E-state index in [0.29, 0.717) is 17.8 Å². The van der Waals surface area contributed by atoms with E-state index in [4.69, 9.17) is 0 Å². The Morgan fingerprint density at radius 3 is 2.54 bits per heavy atom. The molecule has 0 aliphatic heterocycles. The first-order chi connectivity index (χ1) is 12.5. The third kappa shape index (κ3) is 3.75. The maximum Gasteiger partial charge on any atom is 0.295 e. The van der Waals surface area contributed by atoms with Crippen LogP contribution in [0, 0.1) is 0 Å². The van der Waals surface area contributed by atoms with E-state index in [1.807, 2.05) is 44.2 Å². The van der Waals surface area contributed by atoms with Crippen LogP contribution in [0.4, 0.5) is 5.69 Å². The highest BCUT2D eigenvalue weighted by Crippen LogP contribution is 2.38. The predicted octanol–water partition coefficient (Wildman–Crippen LogP) is 6.00. The summed E-state index contributed by atoms with van der Waals surface area (Å²) in [5.74, 6) is -0.464. The molecule has 3 rings (SSSR count). The van der Waals surface area contributed by atoms with E-state index in [1.165, 1.54) is 0 Å². The number of halogens is 1. The van der Waals surface area contributed by atoms with E-state index < -0.39 is 5.91 Å². The molecule has 1 amide bonds. The predicted molar refractivity (Wildman–Crippen MR) is 106 cm³/mol. The SMILES string of the molecule is CC(C)=CCn1c(O)c(N=NC(=O)c2ccc(Br)cc2)c2ccccc21. The molecule has 0 saturated carbocycles. The lowest BCUT2D eigenvalue weighted by Crippen LogP contribution is -1.94. The number of azo groups is 1. The lowest BCUT2D eigenvalue weighted by molar-refractivity contribution is 0.0995. The summed E-state index contributed by atoms with van der Waals surface area (Å²) in [6, 6.07) is 14.4. The molecule has 0 atom stereocenters. The second kappa shape index (κ2) is 7.66. The van der Waals surface area contributed by atoms with Gasteiger partial charge in [-0.15, -0.1) is 10.2 Å². The summed E-state index contributed by atoms with van der Waals surface area (Å²) < 4.78 is 2.63. The molecule has 0 radical (unpaired) electrons. The second-order valence-electron chi connectivity index (χ2n) is 6.09. The number of carbonyl (C=O) groups excluding carboxylic acids is 1. The van der Waals surface area contributed by atoms with E-state index in [1.54, 1.807) is 28.8 Å². The Morgan fingerprint density at radius 2 is 1.85 bits per heavy atom. The first-order valence-electron chi connectivity index (χ1n) is 8.12. The lowest BCUT2D eigenvalue weighted by atomic mass is 10.2. The van der Waals surface area contributed by atoms with Crippen molar-refractivity contribution in [3.05, 3.63) is 70.2 Å². The molecule has 0 saturated heterocycles. The summed E-state index contributed by atoms with van der Waals surface area (Å²) in [6.45, 7) is 4.52. The summed E-state index contributed by atoms with van der Waals surface area (Å²) in [6.07, 6.45) is 2.01. The number of amides is 1. The molecule has 6 heteroatoms. The summed E-state index contributed by atoms with van der Waals surface area (Å²) in [7, 11) is 0. The molecule has 0 aliphatic carbocycles. The number of allylic oxidation sites excluding steroid dienone is 2. The molecule has 0 fully saturated rings. The Labute approximate surface area is 159 Å². The van der Waals surface area contributed by atoms with E-state index in [-0.39, 0.29) is 5.88 Å². The Bertz CT molecular complexity index is 1010. The zero-order valence-corrected chi connectivity index (χ0v) is 16.1. The standard InChI is InChI=1S/C20H18BrN3O2/c1-13(2)11-12-24-17-6-4-3-5-16(17)18(20(24)26)22-23-19(25)14-7-9-15(21)10-8-14/h3-11,26H,12H2,1-2H3. The van der Waals surface area contributed by atoms with Gasteiger partial charge in [0, 0.05) is 22.0 Å². The minimum Gasteiger partial charge on any atom is -0.493 e. The first kappa shape index (κ1) is 18.1. The van der Waals surface area contributed by atoms with Crippen molar-refractivity contribution in [2.24, 2.45) is 10.2 Å². The number of para-hydroxylation sites is 1. The van der Waals surface area contributed by atoms with Gasteiger partial charge in [-0.2, -0.15) is 0 Å². The number of hydrogen-bond donors (Lipinski definition) is 1. The molecule has 1 heterocycles. The molecular weight excluding hydrogens is 394 g/mol. The minimum absolute atomic E-state index is 0.00365. The van der Waals surface area contributed by atoms with Gasteiger partial charge in [-0.05, 0) is 44.2 Å². The van der Waals surface area contributed by atoms with Crippen molar-refractivity contribution >= 4 is 38.4 Å². The summed E-state index contributed by atoms with van der Waals surface area (Å²) >= 11 is 3.33. The number of carbonyl (C=O) groups is 1. The van der Waals surface area contributed by atoms with Gasteiger partial charge in [0.1, 0.15) is 0 Å². The molecule has 5 nitrogen and oxygen atoms in total. The molecule has 2 aromatic carbocycles. The Kier molecular flexibility index (Phi) is 5.32. The number of benzene rings is 2. The van der Waals surface area contributed by atoms with Crippen LogP contribution in [0.25, 0.3) is 10.9 Å². The fourth-order valence-electron chi connectivity index (χ4n) is 2.57. The molecule has 3 aromatic rings. The van der Waals surface area contributed by atoms with Gasteiger partial charge in [0.25, 0.3) is 5.91 Å². The van der Waals surface area contributed by atoms with Crippen molar-refractivity contribution in [1.82, 2.24) is 4.57 Å². The topological polar surface area (TPSA) is 66.9 Å². The Hall–Kier alpha value is -2.73. The van der Waals surface area contributed by atoms with Crippen molar-refractivity contribution in [1.29, 1.82) is 0 Å². The van der Waals surface area contributed by atoms with Crippen LogP contribution in [0.2, 0.25) is 0 Å². The van der Waals surface area contributed by atoms with Crippen LogP contribution in [0.3, 0.4) is 0 Å². The number of aromatic nitrogens is 1. The van der Waals surface area contributed by atoms with E-state index in [2.05, 4.69) is 26.2 Å². The largest absolute Gasteiger partial charge is 0.493 e. The molecular formula is C20H18BrN3O2. The van der Waals surface area contributed by atoms with E-state index >= 15 is 0 Å². The van der Waals surface area contributed by atoms with Crippen molar-refractivity contribution < 1.29 is 9.90 Å². The molecule has 1 N–H and O–H groups in total. The fourth-order valence-corrected chi connectivity index (χ4v) is 2.84. The van der Waals surface area contributed by atoms with Crippen LogP contribution in [0.1, 0.15) is 24.2 Å². The summed E-state index contributed by atoms with van der Waals surface area (Å²) in [4.78, 5) is 12.2. The average Bonchev–Trinajstić information content (AvgIpc) is 2.89. The monoisotopic (exact) mass is 411 g/mol. The van der Waals surface area contributed by atoms with Crippen molar-refractivity contribution in [2.75, 3.05) is 0 Å². The van der Waals surface area contributed by atoms with Crippen molar-refractivity contribution in [3.8, 4) is 5.88 Å². The number of aromatic hydroxyl groups is 1. The Balaban J connectivity index is 1.99. The van der Waals surface area contributed by atoms with Gasteiger partial charge < -0.3 is 9.67 Å². The van der Waals surface area contributed by atoms with Gasteiger partial charge in [-0.25, -0.2) is 0 Å². The van der Waals surface area contributed by atoms with Gasteiger partial charge in [-0.3, -0.25) is 4.79 Å². The minimum atomic E-state index is -0.460. The maximum atomic E-state index is 12.2. The highest BCUT2D eigenvalue weighted by atomic mass is 79.9. The van der Waals surface area contributed by atoms with E-state index in [9.17, 15) is 9.90 Å². The van der Waals surface area contributed by atoms with Gasteiger partial charge in [0.2, 0.25) is 5.88 Å². The molecule has 0 unspecified atom stereocenters. The first-order valence-corrected chi connectivity index (χ1v) is 8.92. The molecule has 26 heavy (non-hydrogen) atoms. The van der Waals surface area contributed by atoms with Gasteiger partial charge >= 0.3 is 0 Å². The normalized spacial score (nSPS) is 11.2. The van der Waals surface area contributed by atoms with Crippen LogP contribution in [0.5, 0.6) is 5.88 Å². The molecule has 0 aliphatic rings. The van der Waals surface area contributed by atoms with Gasteiger partial charge in [0.15, 0.2) is 5.69 Å². The highest BCUT2D eigenvalue weighted by Gasteiger charge is 2.16. The van der Waals surface area contributed by atoms with Gasteiger partial charge in [0.05, 0.1) is 5.52 Å². The van der Waals surface area contributed by atoms with Crippen molar-refractivity contribution in [2.45, 2.75) is 20.4 Å². The number of hydrogen-bond acceptors (Lipinski definition) is 3. The zero-order valence-electron chi connectivity index (χ0n) is 14.5. The average molecular weight is 412 g/mol. The van der Waals surface area contributed by atoms with Crippen LogP contribution in [-0.4, -0.2) is 15.6 Å². The fraction of sp³-hybridized carbons (Fsp3) is 0.150. The lowest BCUT2D eigenvalue weighted by Gasteiger charge is -2.03. The third-order valence-electron chi connectivity index (χ3n) is 3.93. The van der Waals surface area contributed by atoms with Crippen LogP contribution in [-0.2, 0) is 6.54 Å². The van der Waals surface area contributed by atoms with Gasteiger partial charge in [-0.1, -0.05) is 45.8 Å². The van der Waals surface area contributed by atoms with Crippen molar-refractivity contribution in [3.63, 3.8) is 0 Å². The second-order valence-corrected chi connectivity index (χ2v) is 7.01. The molecule has 132 valence electrons. The smallest absolute Gasteiger partial charge is 0.295 e. The molecule has 0 spiro atoms. The van der Waals surface area contributed by atoms with Crippen LogP contribution >= 0.6 is 15.9 Å². The molecule has 1 aromatic heterocycles. The van der Waals surface area contributed by atoms with Crippen LogP contribution in [0.15, 0.2) is 74.9 Å². The number of rotatable bonds is 4. The van der Waals surface area contributed by atoms with Crippen LogP contribution < -0.4 is 0 Å². The Morgan fingerprint density at radius 1 is 1.15 bits per heavy atom. The quantitative estimate of drug-likeness (QED) is 0.422. The molecule has 0 bridgehead atoms. The summed E-state index contributed by atoms with van der Waals surface area (Å²) in [5.41, 5.74) is 2.72. The number of fused-ring (bicyclic) bond motifs is 1. The third-order valence-corrected chi connectivity index (χ3v) is 4.46.